The molecule has 1 aliphatic carbocycles. The van der Waals surface area contributed by atoms with Gasteiger partial charge in [0.25, 0.3) is 0 Å². The third-order valence-corrected chi connectivity index (χ3v) is 4.54. The van der Waals surface area contributed by atoms with E-state index in [1.165, 1.54) is 7.11 Å². The van der Waals surface area contributed by atoms with Crippen LogP contribution in [0, 0.1) is 5.92 Å². The van der Waals surface area contributed by atoms with E-state index in [-0.39, 0.29) is 24.2 Å². The van der Waals surface area contributed by atoms with E-state index in [1.807, 2.05) is 24.3 Å². The molecule has 122 valence electrons. The molecule has 0 unspecified atom stereocenters. The van der Waals surface area contributed by atoms with Gasteiger partial charge < -0.3 is 15.4 Å². The second-order valence-corrected chi connectivity index (χ2v) is 6.21. The van der Waals surface area contributed by atoms with Crippen LogP contribution in [-0.4, -0.2) is 30.4 Å². The fraction of sp³-hybridized carbons (Fsp3) is 0.471. The number of anilines is 1. The average Bonchev–Trinajstić information content (AvgIpc) is 3.32. The lowest BCUT2D eigenvalue weighted by Crippen LogP contribution is -2.44. The van der Waals surface area contributed by atoms with E-state index in [1.54, 1.807) is 0 Å². The van der Waals surface area contributed by atoms with Crippen molar-refractivity contribution in [3.63, 3.8) is 0 Å². The van der Waals surface area contributed by atoms with Crippen molar-refractivity contribution in [2.24, 2.45) is 5.92 Å². The van der Waals surface area contributed by atoms with Gasteiger partial charge in [-0.2, -0.15) is 0 Å². The summed E-state index contributed by atoms with van der Waals surface area (Å²) in [5.74, 6) is -0.871. The molecule has 0 saturated heterocycles. The number of carbonyl (C=O) groups is 3. The number of nitrogens with one attached hydrogen (secondary N) is 2. The van der Waals surface area contributed by atoms with E-state index in [4.69, 9.17) is 4.74 Å². The number of amides is 2. The van der Waals surface area contributed by atoms with Gasteiger partial charge in [0.15, 0.2) is 0 Å². The van der Waals surface area contributed by atoms with Crippen molar-refractivity contribution in [3.8, 4) is 0 Å². The summed E-state index contributed by atoms with van der Waals surface area (Å²) in [6, 6.07) is 7.68. The van der Waals surface area contributed by atoms with E-state index < -0.39 is 11.5 Å². The summed E-state index contributed by atoms with van der Waals surface area (Å²) in [6.07, 6.45) is 2.55. The van der Waals surface area contributed by atoms with Crippen LogP contribution in [0.1, 0.15) is 31.2 Å². The Labute approximate surface area is 134 Å². The Morgan fingerprint density at radius 1 is 1.35 bits per heavy atom. The molecule has 6 heteroatoms. The van der Waals surface area contributed by atoms with Crippen molar-refractivity contribution in [1.82, 2.24) is 5.32 Å². The van der Waals surface area contributed by atoms with Crippen molar-refractivity contribution in [3.05, 3.63) is 29.8 Å². The molecule has 1 heterocycles. The van der Waals surface area contributed by atoms with Gasteiger partial charge in [0, 0.05) is 18.0 Å². The largest absolute Gasteiger partial charge is 0.467 e. The summed E-state index contributed by atoms with van der Waals surface area (Å²) < 4.78 is 4.71. The number of benzene rings is 1. The highest BCUT2D eigenvalue weighted by Gasteiger charge is 2.52. The van der Waals surface area contributed by atoms with E-state index in [0.29, 0.717) is 25.7 Å². The number of carbonyl (C=O) groups excluding carboxylic acids is 3. The molecule has 0 spiro atoms. The maximum atomic E-state index is 12.1. The summed E-state index contributed by atoms with van der Waals surface area (Å²) >= 11 is 0. The summed E-state index contributed by atoms with van der Waals surface area (Å²) in [5, 5.41) is 5.62. The first-order valence-corrected chi connectivity index (χ1v) is 7.82. The molecule has 2 aliphatic rings. The standard InChI is InChI=1S/C17H20N2O4/c1-23-16(22)17(8-9-17)19-14(20)7-6-12-10-11-4-2-3-5-13(11)18-15(12)21/h2-5,12H,6-10H2,1H3,(H,18,21)(H,19,20)/t12-/m0/s1. The van der Waals surface area contributed by atoms with Crippen LogP contribution in [-0.2, 0) is 25.5 Å². The van der Waals surface area contributed by atoms with Crippen molar-refractivity contribution >= 4 is 23.5 Å². The molecule has 1 fully saturated rings. The molecule has 2 N–H and O–H groups in total. The Balaban J connectivity index is 1.54. The van der Waals surface area contributed by atoms with Gasteiger partial charge in [-0.05, 0) is 37.3 Å². The molecule has 23 heavy (non-hydrogen) atoms. The van der Waals surface area contributed by atoms with Crippen LogP contribution < -0.4 is 10.6 Å². The predicted molar refractivity (Wildman–Crippen MR) is 83.6 cm³/mol. The monoisotopic (exact) mass is 316 g/mol. The fourth-order valence-electron chi connectivity index (χ4n) is 2.98. The lowest BCUT2D eigenvalue weighted by atomic mass is 9.89. The predicted octanol–water partition coefficient (Wildman–Crippen LogP) is 1.40. The van der Waals surface area contributed by atoms with Crippen LogP contribution in [0.25, 0.3) is 0 Å². The minimum Gasteiger partial charge on any atom is -0.467 e. The zero-order valence-corrected chi connectivity index (χ0v) is 13.1. The molecule has 1 saturated carbocycles. The zero-order valence-electron chi connectivity index (χ0n) is 13.1. The third kappa shape index (κ3) is 3.21. The van der Waals surface area contributed by atoms with Crippen LogP contribution >= 0.6 is 0 Å². The van der Waals surface area contributed by atoms with Gasteiger partial charge in [0.05, 0.1) is 7.11 Å². The summed E-state index contributed by atoms with van der Waals surface area (Å²) in [4.78, 5) is 35.8. The Morgan fingerprint density at radius 2 is 2.09 bits per heavy atom. The first kappa shape index (κ1) is 15.5. The van der Waals surface area contributed by atoms with E-state index in [9.17, 15) is 14.4 Å². The van der Waals surface area contributed by atoms with Gasteiger partial charge in [-0.15, -0.1) is 0 Å². The molecule has 0 radical (unpaired) electrons. The highest BCUT2D eigenvalue weighted by molar-refractivity contribution is 5.96. The lowest BCUT2D eigenvalue weighted by Gasteiger charge is -2.24. The Bertz CT molecular complexity index is 652. The van der Waals surface area contributed by atoms with Gasteiger partial charge in [-0.1, -0.05) is 18.2 Å². The first-order chi connectivity index (χ1) is 11.0. The molecular formula is C17H20N2O4. The van der Waals surface area contributed by atoms with Crippen molar-refractivity contribution in [1.29, 1.82) is 0 Å². The quantitative estimate of drug-likeness (QED) is 0.804. The zero-order chi connectivity index (χ0) is 16.4. The molecule has 3 rings (SSSR count). The van der Waals surface area contributed by atoms with Crippen LogP contribution in [0.15, 0.2) is 24.3 Å². The molecular weight excluding hydrogens is 296 g/mol. The SMILES string of the molecule is COC(=O)C1(NC(=O)CC[C@H]2Cc3ccccc3NC2=O)CC1. The second kappa shape index (κ2) is 6.02. The Hall–Kier alpha value is -2.37. The van der Waals surface area contributed by atoms with Crippen LogP contribution in [0.5, 0.6) is 0 Å². The molecule has 6 nitrogen and oxygen atoms in total. The minimum absolute atomic E-state index is 0.0504. The molecule has 0 bridgehead atoms. The Kier molecular flexibility index (Phi) is 4.07. The maximum absolute atomic E-state index is 12.1. The van der Waals surface area contributed by atoms with Gasteiger partial charge in [-0.25, -0.2) is 4.79 Å². The van der Waals surface area contributed by atoms with E-state index in [2.05, 4.69) is 10.6 Å². The molecule has 2 amide bonds. The highest BCUT2D eigenvalue weighted by atomic mass is 16.5. The number of para-hydroxylation sites is 1. The first-order valence-electron chi connectivity index (χ1n) is 7.82. The number of methoxy groups -OCH3 is 1. The van der Waals surface area contributed by atoms with Crippen molar-refractivity contribution < 1.29 is 19.1 Å². The highest BCUT2D eigenvalue weighted by Crippen LogP contribution is 2.36. The number of ether oxygens (including phenoxy) is 1. The van der Waals surface area contributed by atoms with Crippen LogP contribution in [0.2, 0.25) is 0 Å². The number of rotatable bonds is 5. The van der Waals surface area contributed by atoms with Gasteiger partial charge >= 0.3 is 5.97 Å². The van der Waals surface area contributed by atoms with Gasteiger partial charge in [-0.3, -0.25) is 9.59 Å². The topological polar surface area (TPSA) is 84.5 Å². The van der Waals surface area contributed by atoms with E-state index >= 15 is 0 Å². The third-order valence-electron chi connectivity index (χ3n) is 4.54. The minimum atomic E-state index is -0.826. The molecule has 0 aromatic heterocycles. The summed E-state index contributed by atoms with van der Waals surface area (Å²) in [5.41, 5.74) is 1.11. The molecule has 1 aromatic rings. The lowest BCUT2D eigenvalue weighted by molar-refractivity contribution is -0.146. The number of esters is 1. The van der Waals surface area contributed by atoms with Gasteiger partial charge in [0.1, 0.15) is 5.54 Å². The van der Waals surface area contributed by atoms with Gasteiger partial charge in [0.2, 0.25) is 11.8 Å². The maximum Gasteiger partial charge on any atom is 0.331 e. The average molecular weight is 316 g/mol. The molecule has 1 aromatic carbocycles. The summed E-state index contributed by atoms with van der Waals surface area (Å²) in [7, 11) is 1.32. The molecule has 1 atom stereocenters. The molecule has 1 aliphatic heterocycles. The summed E-state index contributed by atoms with van der Waals surface area (Å²) in [6.45, 7) is 0. The van der Waals surface area contributed by atoms with Crippen molar-refractivity contribution in [2.45, 2.75) is 37.6 Å². The van der Waals surface area contributed by atoms with E-state index in [0.717, 1.165) is 11.3 Å². The smallest absolute Gasteiger partial charge is 0.331 e. The fourth-order valence-corrected chi connectivity index (χ4v) is 2.98. The normalized spacial score (nSPS) is 20.9. The Morgan fingerprint density at radius 3 is 2.78 bits per heavy atom. The second-order valence-electron chi connectivity index (χ2n) is 6.21. The van der Waals surface area contributed by atoms with Crippen molar-refractivity contribution in [2.75, 3.05) is 12.4 Å². The number of hydrogen-bond donors (Lipinski definition) is 2. The van der Waals surface area contributed by atoms with Crippen LogP contribution in [0.4, 0.5) is 5.69 Å². The number of fused-ring (bicyclic) bond motifs is 1. The number of hydrogen-bond acceptors (Lipinski definition) is 4. The van der Waals surface area contributed by atoms with Crippen LogP contribution in [0.3, 0.4) is 0 Å².